The molecule has 1 fully saturated rings. The van der Waals surface area contributed by atoms with Crippen molar-refractivity contribution in [2.75, 3.05) is 20.3 Å². The molecule has 0 spiro atoms. The number of hydrogen-bond donors (Lipinski definition) is 1. The number of benzene rings is 1. The number of carbonyl (C=O) groups is 1. The maximum absolute atomic E-state index is 12.8. The lowest BCUT2D eigenvalue weighted by Gasteiger charge is -2.28. The molecule has 0 aromatic heterocycles. The van der Waals surface area contributed by atoms with Crippen molar-refractivity contribution in [2.24, 2.45) is 11.1 Å². The van der Waals surface area contributed by atoms with Crippen molar-refractivity contribution in [2.45, 2.75) is 32.2 Å². The van der Waals surface area contributed by atoms with Gasteiger partial charge in [-0.15, -0.1) is 0 Å². The zero-order chi connectivity index (χ0) is 14.6. The minimum Gasteiger partial charge on any atom is -0.490 e. The monoisotopic (exact) mass is 277 g/mol. The summed E-state index contributed by atoms with van der Waals surface area (Å²) in [7, 11) is 1.62. The number of ketones is 1. The molecule has 4 nitrogen and oxygen atoms in total. The SMILES string of the molecule is COCCOc1ccccc1C(=O)C1(C)CCCC1N. The van der Waals surface area contributed by atoms with Crippen molar-refractivity contribution in [1.82, 2.24) is 0 Å². The Labute approximate surface area is 120 Å². The fourth-order valence-corrected chi connectivity index (χ4v) is 2.80. The first kappa shape index (κ1) is 15.0. The van der Waals surface area contributed by atoms with Crippen molar-refractivity contribution in [3.63, 3.8) is 0 Å². The Hall–Kier alpha value is -1.39. The normalized spacial score (nSPS) is 25.6. The number of methoxy groups -OCH3 is 1. The third-order valence-electron chi connectivity index (χ3n) is 4.23. The first-order valence-corrected chi connectivity index (χ1v) is 7.11. The summed E-state index contributed by atoms with van der Waals surface area (Å²) in [5, 5.41) is 0. The molecule has 0 amide bonds. The molecule has 0 heterocycles. The van der Waals surface area contributed by atoms with Gasteiger partial charge in [0, 0.05) is 18.6 Å². The van der Waals surface area contributed by atoms with Gasteiger partial charge in [-0.25, -0.2) is 0 Å². The smallest absolute Gasteiger partial charge is 0.173 e. The molecule has 1 aromatic rings. The lowest BCUT2D eigenvalue weighted by atomic mass is 9.78. The van der Waals surface area contributed by atoms with Crippen LogP contribution in [0.1, 0.15) is 36.5 Å². The van der Waals surface area contributed by atoms with E-state index in [1.54, 1.807) is 7.11 Å². The number of carbonyl (C=O) groups excluding carboxylic acids is 1. The molecule has 0 radical (unpaired) electrons. The third kappa shape index (κ3) is 2.86. The minimum atomic E-state index is -0.472. The van der Waals surface area contributed by atoms with Gasteiger partial charge in [-0.1, -0.05) is 25.5 Å². The number of para-hydroxylation sites is 1. The summed E-state index contributed by atoms with van der Waals surface area (Å²) in [5.74, 6) is 0.713. The summed E-state index contributed by atoms with van der Waals surface area (Å²) in [6.45, 7) is 2.90. The molecule has 1 aromatic carbocycles. The van der Waals surface area contributed by atoms with Crippen LogP contribution >= 0.6 is 0 Å². The van der Waals surface area contributed by atoms with E-state index >= 15 is 0 Å². The Balaban J connectivity index is 2.21. The standard InChI is InChI=1S/C16H23NO3/c1-16(9-5-8-14(16)17)15(18)12-6-3-4-7-13(12)20-11-10-19-2/h3-4,6-7,14H,5,8-11,17H2,1-2H3. The van der Waals surface area contributed by atoms with Crippen LogP contribution in [-0.4, -0.2) is 32.1 Å². The van der Waals surface area contributed by atoms with Gasteiger partial charge in [-0.2, -0.15) is 0 Å². The first-order valence-electron chi connectivity index (χ1n) is 7.11. The zero-order valence-corrected chi connectivity index (χ0v) is 12.2. The highest BCUT2D eigenvalue weighted by Gasteiger charge is 2.43. The Bertz CT molecular complexity index is 475. The number of nitrogens with two attached hydrogens (primary N) is 1. The summed E-state index contributed by atoms with van der Waals surface area (Å²) >= 11 is 0. The average molecular weight is 277 g/mol. The largest absolute Gasteiger partial charge is 0.490 e. The van der Waals surface area contributed by atoms with Crippen molar-refractivity contribution in [1.29, 1.82) is 0 Å². The molecule has 2 atom stereocenters. The predicted octanol–water partition coefficient (Wildman–Crippen LogP) is 2.41. The van der Waals surface area contributed by atoms with Crippen LogP contribution in [0.4, 0.5) is 0 Å². The van der Waals surface area contributed by atoms with E-state index < -0.39 is 5.41 Å². The highest BCUT2D eigenvalue weighted by Crippen LogP contribution is 2.41. The highest BCUT2D eigenvalue weighted by atomic mass is 16.5. The van der Waals surface area contributed by atoms with Crippen molar-refractivity contribution in [3.8, 4) is 5.75 Å². The topological polar surface area (TPSA) is 61.5 Å². The minimum absolute atomic E-state index is 0.0676. The van der Waals surface area contributed by atoms with Crippen LogP contribution in [0.3, 0.4) is 0 Å². The van der Waals surface area contributed by atoms with Crippen LogP contribution in [0.5, 0.6) is 5.75 Å². The summed E-state index contributed by atoms with van der Waals surface area (Å²) in [6, 6.07) is 7.31. The van der Waals surface area contributed by atoms with Crippen LogP contribution < -0.4 is 10.5 Å². The Morgan fingerprint density at radius 3 is 2.80 bits per heavy atom. The summed E-state index contributed by atoms with van der Waals surface area (Å²) < 4.78 is 10.6. The van der Waals surface area contributed by atoms with E-state index in [1.807, 2.05) is 31.2 Å². The van der Waals surface area contributed by atoms with Gasteiger partial charge in [0.05, 0.1) is 12.2 Å². The van der Waals surface area contributed by atoms with E-state index in [-0.39, 0.29) is 11.8 Å². The number of ether oxygens (including phenoxy) is 2. The second-order valence-electron chi connectivity index (χ2n) is 5.58. The molecular formula is C16H23NO3. The summed E-state index contributed by atoms with van der Waals surface area (Å²) in [4.78, 5) is 12.8. The van der Waals surface area contributed by atoms with Gasteiger partial charge in [-0.05, 0) is 25.0 Å². The summed E-state index contributed by atoms with van der Waals surface area (Å²) in [6.07, 6.45) is 2.77. The van der Waals surface area contributed by atoms with E-state index in [9.17, 15) is 4.79 Å². The number of hydrogen-bond acceptors (Lipinski definition) is 4. The third-order valence-corrected chi connectivity index (χ3v) is 4.23. The molecule has 2 N–H and O–H groups in total. The maximum atomic E-state index is 12.8. The van der Waals surface area contributed by atoms with Crippen LogP contribution in [0.15, 0.2) is 24.3 Å². The zero-order valence-electron chi connectivity index (χ0n) is 12.2. The maximum Gasteiger partial charge on any atom is 0.173 e. The second-order valence-corrected chi connectivity index (χ2v) is 5.58. The lowest BCUT2D eigenvalue weighted by molar-refractivity contribution is 0.0795. The van der Waals surface area contributed by atoms with Gasteiger partial charge >= 0.3 is 0 Å². The molecule has 1 saturated carbocycles. The Morgan fingerprint density at radius 1 is 1.40 bits per heavy atom. The molecule has 1 aliphatic carbocycles. The molecular weight excluding hydrogens is 254 g/mol. The molecule has 2 unspecified atom stereocenters. The van der Waals surface area contributed by atoms with Crippen molar-refractivity contribution in [3.05, 3.63) is 29.8 Å². The molecule has 4 heteroatoms. The van der Waals surface area contributed by atoms with Crippen molar-refractivity contribution >= 4 is 5.78 Å². The Morgan fingerprint density at radius 2 is 2.15 bits per heavy atom. The van der Waals surface area contributed by atoms with Gasteiger partial charge in [0.2, 0.25) is 0 Å². The summed E-state index contributed by atoms with van der Waals surface area (Å²) in [5.41, 5.74) is 6.30. The van der Waals surface area contributed by atoms with Crippen molar-refractivity contribution < 1.29 is 14.3 Å². The molecule has 0 saturated heterocycles. The molecule has 0 aliphatic heterocycles. The van der Waals surface area contributed by atoms with E-state index in [0.29, 0.717) is 24.5 Å². The molecule has 1 aliphatic rings. The molecule has 110 valence electrons. The molecule has 0 bridgehead atoms. The lowest BCUT2D eigenvalue weighted by Crippen LogP contribution is -2.41. The Kier molecular flexibility index (Phi) is 4.78. The van der Waals surface area contributed by atoms with E-state index in [1.165, 1.54) is 0 Å². The predicted molar refractivity (Wildman–Crippen MR) is 78.1 cm³/mol. The van der Waals surface area contributed by atoms with Crippen LogP contribution in [0.25, 0.3) is 0 Å². The van der Waals surface area contributed by atoms with Crippen LogP contribution in [0.2, 0.25) is 0 Å². The number of Topliss-reactive ketones (excluding diaryl/α,β-unsaturated/α-hetero) is 1. The van der Waals surface area contributed by atoms with Gasteiger partial charge in [0.1, 0.15) is 12.4 Å². The van der Waals surface area contributed by atoms with Gasteiger partial charge in [-0.3, -0.25) is 4.79 Å². The van der Waals surface area contributed by atoms with E-state index in [0.717, 1.165) is 19.3 Å². The molecule has 2 rings (SSSR count). The fourth-order valence-electron chi connectivity index (χ4n) is 2.80. The van der Waals surface area contributed by atoms with Gasteiger partial charge in [0.25, 0.3) is 0 Å². The van der Waals surface area contributed by atoms with E-state index in [2.05, 4.69) is 0 Å². The second kappa shape index (κ2) is 6.37. The quantitative estimate of drug-likeness (QED) is 0.640. The highest BCUT2D eigenvalue weighted by molar-refractivity contribution is 6.03. The van der Waals surface area contributed by atoms with Gasteiger partial charge in [0.15, 0.2) is 5.78 Å². The van der Waals surface area contributed by atoms with Crippen LogP contribution in [0, 0.1) is 5.41 Å². The number of rotatable bonds is 6. The average Bonchev–Trinajstić information content (AvgIpc) is 2.80. The first-order chi connectivity index (χ1) is 9.59. The van der Waals surface area contributed by atoms with Crippen LogP contribution in [-0.2, 0) is 4.74 Å². The van der Waals surface area contributed by atoms with E-state index in [4.69, 9.17) is 15.2 Å². The van der Waals surface area contributed by atoms with Gasteiger partial charge < -0.3 is 15.2 Å². The molecule has 20 heavy (non-hydrogen) atoms. The fraction of sp³-hybridized carbons (Fsp3) is 0.562.